The molecule has 18 heavy (non-hydrogen) atoms. The highest BCUT2D eigenvalue weighted by molar-refractivity contribution is 5.69. The SMILES string of the molecule is CC(C)N(C)CCCCNc1ccc(N)c(N)c1. The van der Waals surface area contributed by atoms with Crippen molar-refractivity contribution >= 4 is 17.1 Å². The number of nitrogen functional groups attached to an aromatic ring is 2. The van der Waals surface area contributed by atoms with Crippen LogP contribution in [0, 0.1) is 0 Å². The van der Waals surface area contributed by atoms with Crippen LogP contribution in [0.4, 0.5) is 17.1 Å². The summed E-state index contributed by atoms with van der Waals surface area (Å²) in [6.07, 6.45) is 2.35. The third-order valence-electron chi connectivity index (χ3n) is 3.24. The van der Waals surface area contributed by atoms with E-state index in [0.717, 1.165) is 25.2 Å². The van der Waals surface area contributed by atoms with E-state index in [1.165, 1.54) is 6.42 Å². The third kappa shape index (κ3) is 4.84. The maximum atomic E-state index is 5.75. The molecule has 0 aromatic heterocycles. The van der Waals surface area contributed by atoms with Gasteiger partial charge in [0.2, 0.25) is 0 Å². The van der Waals surface area contributed by atoms with Gasteiger partial charge < -0.3 is 21.7 Å². The molecule has 1 aromatic carbocycles. The molecule has 0 bridgehead atoms. The molecule has 0 aliphatic rings. The van der Waals surface area contributed by atoms with Gasteiger partial charge in [-0.1, -0.05) is 0 Å². The molecule has 0 unspecified atom stereocenters. The van der Waals surface area contributed by atoms with E-state index in [4.69, 9.17) is 11.5 Å². The number of nitrogens with zero attached hydrogens (tertiary/aromatic N) is 1. The van der Waals surface area contributed by atoms with Gasteiger partial charge in [-0.2, -0.15) is 0 Å². The third-order valence-corrected chi connectivity index (χ3v) is 3.24. The van der Waals surface area contributed by atoms with Gasteiger partial charge in [0.1, 0.15) is 0 Å². The minimum absolute atomic E-state index is 0.620. The van der Waals surface area contributed by atoms with Gasteiger partial charge in [0.05, 0.1) is 11.4 Å². The topological polar surface area (TPSA) is 67.3 Å². The van der Waals surface area contributed by atoms with Crippen LogP contribution in [-0.4, -0.2) is 31.1 Å². The molecule has 4 nitrogen and oxygen atoms in total. The van der Waals surface area contributed by atoms with Crippen LogP contribution >= 0.6 is 0 Å². The zero-order chi connectivity index (χ0) is 13.5. The fourth-order valence-corrected chi connectivity index (χ4v) is 1.66. The lowest BCUT2D eigenvalue weighted by atomic mass is 10.2. The van der Waals surface area contributed by atoms with E-state index >= 15 is 0 Å². The fraction of sp³-hybridized carbons (Fsp3) is 0.571. The number of benzene rings is 1. The minimum atomic E-state index is 0.620. The van der Waals surface area contributed by atoms with E-state index in [1.54, 1.807) is 0 Å². The molecule has 0 spiro atoms. The fourth-order valence-electron chi connectivity index (χ4n) is 1.66. The Hall–Kier alpha value is -1.42. The van der Waals surface area contributed by atoms with Gasteiger partial charge in [0.25, 0.3) is 0 Å². The second kappa shape index (κ2) is 7.11. The summed E-state index contributed by atoms with van der Waals surface area (Å²) in [5.74, 6) is 0. The van der Waals surface area contributed by atoms with Gasteiger partial charge in [-0.3, -0.25) is 0 Å². The van der Waals surface area contributed by atoms with Gasteiger partial charge in [-0.15, -0.1) is 0 Å². The molecule has 1 rings (SSSR count). The van der Waals surface area contributed by atoms with Crippen molar-refractivity contribution in [2.24, 2.45) is 0 Å². The second-order valence-corrected chi connectivity index (χ2v) is 5.05. The average Bonchev–Trinajstić information content (AvgIpc) is 2.32. The lowest BCUT2D eigenvalue weighted by Crippen LogP contribution is -2.27. The van der Waals surface area contributed by atoms with E-state index in [2.05, 4.69) is 31.1 Å². The van der Waals surface area contributed by atoms with Gasteiger partial charge in [-0.05, 0) is 58.5 Å². The molecule has 4 heteroatoms. The maximum Gasteiger partial charge on any atom is 0.0568 e. The summed E-state index contributed by atoms with van der Waals surface area (Å²) < 4.78 is 0. The first-order valence-electron chi connectivity index (χ1n) is 6.60. The molecule has 0 atom stereocenters. The summed E-state index contributed by atoms with van der Waals surface area (Å²) in [4.78, 5) is 2.36. The van der Waals surface area contributed by atoms with Crippen molar-refractivity contribution in [2.75, 3.05) is 36.9 Å². The monoisotopic (exact) mass is 250 g/mol. The number of anilines is 3. The molecule has 102 valence electrons. The quantitative estimate of drug-likeness (QED) is 0.513. The van der Waals surface area contributed by atoms with Gasteiger partial charge in [-0.25, -0.2) is 0 Å². The van der Waals surface area contributed by atoms with Crippen LogP contribution in [0.5, 0.6) is 0 Å². The first-order chi connectivity index (χ1) is 8.50. The molecule has 5 N–H and O–H groups in total. The lowest BCUT2D eigenvalue weighted by molar-refractivity contribution is 0.269. The Labute approximate surface area is 110 Å². The maximum absolute atomic E-state index is 5.75. The van der Waals surface area contributed by atoms with Crippen molar-refractivity contribution in [3.05, 3.63) is 18.2 Å². The van der Waals surface area contributed by atoms with Crippen molar-refractivity contribution in [2.45, 2.75) is 32.7 Å². The Morgan fingerprint density at radius 3 is 2.50 bits per heavy atom. The zero-order valence-corrected chi connectivity index (χ0v) is 11.7. The molecule has 0 amide bonds. The highest BCUT2D eigenvalue weighted by Gasteiger charge is 2.02. The smallest absolute Gasteiger partial charge is 0.0568 e. The zero-order valence-electron chi connectivity index (χ0n) is 11.7. The summed E-state index contributed by atoms with van der Waals surface area (Å²) in [6, 6.07) is 6.31. The Kier molecular flexibility index (Phi) is 5.78. The van der Waals surface area contributed by atoms with E-state index in [9.17, 15) is 0 Å². The van der Waals surface area contributed by atoms with Gasteiger partial charge in [0, 0.05) is 18.3 Å². The molecule has 0 fully saturated rings. The van der Waals surface area contributed by atoms with Crippen LogP contribution in [0.25, 0.3) is 0 Å². The Morgan fingerprint density at radius 2 is 1.89 bits per heavy atom. The minimum Gasteiger partial charge on any atom is -0.397 e. The Balaban J connectivity index is 2.20. The van der Waals surface area contributed by atoms with Crippen LogP contribution in [-0.2, 0) is 0 Å². The highest BCUT2D eigenvalue weighted by Crippen LogP contribution is 2.19. The van der Waals surface area contributed by atoms with Crippen LogP contribution in [0.3, 0.4) is 0 Å². The molecule has 1 aromatic rings. The molecule has 0 saturated carbocycles. The summed E-state index contributed by atoms with van der Waals surface area (Å²) >= 11 is 0. The first-order valence-corrected chi connectivity index (χ1v) is 6.60. The first kappa shape index (κ1) is 14.6. The number of unbranched alkanes of at least 4 members (excludes halogenated alkanes) is 1. The summed E-state index contributed by atoms with van der Waals surface area (Å²) in [7, 11) is 2.17. The van der Waals surface area contributed by atoms with Crippen LogP contribution in [0.2, 0.25) is 0 Å². The normalized spacial score (nSPS) is 11.2. The van der Waals surface area contributed by atoms with Crippen LogP contribution < -0.4 is 16.8 Å². The predicted molar refractivity (Wildman–Crippen MR) is 80.8 cm³/mol. The van der Waals surface area contributed by atoms with Gasteiger partial charge in [0.15, 0.2) is 0 Å². The number of hydrogen-bond donors (Lipinski definition) is 3. The average molecular weight is 250 g/mol. The molecule has 0 heterocycles. The highest BCUT2D eigenvalue weighted by atomic mass is 15.1. The Morgan fingerprint density at radius 1 is 1.17 bits per heavy atom. The van der Waals surface area contributed by atoms with E-state index in [0.29, 0.717) is 17.4 Å². The molecule has 0 aliphatic carbocycles. The number of rotatable bonds is 7. The number of nitrogens with one attached hydrogen (secondary N) is 1. The number of nitrogens with two attached hydrogens (primary N) is 2. The largest absolute Gasteiger partial charge is 0.397 e. The summed E-state index contributed by atoms with van der Waals surface area (Å²) in [6.45, 7) is 6.54. The summed E-state index contributed by atoms with van der Waals surface area (Å²) in [5, 5.41) is 3.36. The number of hydrogen-bond acceptors (Lipinski definition) is 4. The van der Waals surface area contributed by atoms with E-state index in [-0.39, 0.29) is 0 Å². The van der Waals surface area contributed by atoms with Crippen molar-refractivity contribution in [3.63, 3.8) is 0 Å². The summed E-state index contributed by atoms with van der Waals surface area (Å²) in [5.41, 5.74) is 13.7. The molecule has 0 radical (unpaired) electrons. The standard InChI is InChI=1S/C14H26N4/c1-11(2)18(3)9-5-4-8-17-12-6-7-13(15)14(16)10-12/h6-7,10-11,17H,4-5,8-9,15-16H2,1-3H3. The lowest BCUT2D eigenvalue weighted by Gasteiger charge is -2.20. The van der Waals surface area contributed by atoms with Crippen LogP contribution in [0.15, 0.2) is 18.2 Å². The molecular weight excluding hydrogens is 224 g/mol. The Bertz CT molecular complexity index is 363. The van der Waals surface area contributed by atoms with Crippen molar-refractivity contribution < 1.29 is 0 Å². The van der Waals surface area contributed by atoms with E-state index < -0.39 is 0 Å². The predicted octanol–water partition coefficient (Wildman–Crippen LogP) is 2.38. The van der Waals surface area contributed by atoms with Crippen LogP contribution in [0.1, 0.15) is 26.7 Å². The van der Waals surface area contributed by atoms with E-state index in [1.807, 2.05) is 18.2 Å². The molecule has 0 aliphatic heterocycles. The van der Waals surface area contributed by atoms with Crippen molar-refractivity contribution in [3.8, 4) is 0 Å². The molecule has 0 saturated heterocycles. The van der Waals surface area contributed by atoms with Crippen molar-refractivity contribution in [1.82, 2.24) is 4.90 Å². The van der Waals surface area contributed by atoms with Crippen molar-refractivity contribution in [1.29, 1.82) is 0 Å². The molecular formula is C14H26N4. The second-order valence-electron chi connectivity index (χ2n) is 5.05. The van der Waals surface area contributed by atoms with Gasteiger partial charge >= 0.3 is 0 Å².